The molecule has 0 saturated heterocycles. The molecular formula is C20H17F4N3O2. The molecule has 0 radical (unpaired) electrons. The van der Waals surface area contributed by atoms with Crippen molar-refractivity contribution in [2.45, 2.75) is 19.5 Å². The lowest BCUT2D eigenvalue weighted by atomic mass is 10.0. The molecule has 0 fully saturated rings. The van der Waals surface area contributed by atoms with Crippen LogP contribution in [0.25, 0.3) is 10.8 Å². The Kier molecular flexibility index (Phi) is 5.58. The topological polar surface area (TPSA) is 65.2 Å². The molecule has 1 heterocycles. The van der Waals surface area contributed by atoms with Crippen molar-refractivity contribution in [3.8, 4) is 0 Å². The molecule has 1 aromatic heterocycles. The number of fused-ring (bicyclic) bond motifs is 1. The van der Waals surface area contributed by atoms with Gasteiger partial charge in [-0.3, -0.25) is 4.79 Å². The fourth-order valence-corrected chi connectivity index (χ4v) is 2.95. The van der Waals surface area contributed by atoms with Crippen LogP contribution < -0.4 is 10.9 Å². The summed E-state index contributed by atoms with van der Waals surface area (Å²) < 4.78 is 53.5. The molecule has 1 atom stereocenters. The summed E-state index contributed by atoms with van der Waals surface area (Å²) in [6.07, 6.45) is 1.34. The van der Waals surface area contributed by atoms with Crippen LogP contribution in [-0.2, 0) is 6.54 Å². The van der Waals surface area contributed by atoms with Gasteiger partial charge in [-0.05, 0) is 47.7 Å². The smallest absolute Gasteiger partial charge is 0.317 e. The number of aromatic nitrogens is 1. The third-order valence-electron chi connectivity index (χ3n) is 4.75. The van der Waals surface area contributed by atoms with E-state index < -0.39 is 40.9 Å². The highest BCUT2D eigenvalue weighted by Crippen LogP contribution is 2.26. The second-order valence-corrected chi connectivity index (χ2v) is 6.58. The van der Waals surface area contributed by atoms with Gasteiger partial charge in [0, 0.05) is 19.8 Å². The maximum atomic E-state index is 13.7. The maximum absolute atomic E-state index is 13.7. The fourth-order valence-electron chi connectivity index (χ4n) is 2.95. The number of nitrogens with zero attached hydrogens (tertiary/aromatic N) is 1. The highest BCUT2D eigenvalue weighted by molar-refractivity contribution is 5.86. The van der Waals surface area contributed by atoms with Gasteiger partial charge in [-0.25, -0.2) is 22.4 Å². The summed E-state index contributed by atoms with van der Waals surface area (Å²) in [4.78, 5) is 28.1. The summed E-state index contributed by atoms with van der Waals surface area (Å²) in [5.41, 5.74) is 0.189. The number of amides is 2. The Morgan fingerprint density at radius 1 is 1.03 bits per heavy atom. The molecule has 1 unspecified atom stereocenters. The molecule has 5 nitrogen and oxygen atoms in total. The van der Waals surface area contributed by atoms with Crippen LogP contribution in [0.5, 0.6) is 0 Å². The predicted molar refractivity (Wildman–Crippen MR) is 99.3 cm³/mol. The fraction of sp³-hybridized carbons (Fsp3) is 0.200. The van der Waals surface area contributed by atoms with E-state index in [9.17, 15) is 27.2 Å². The van der Waals surface area contributed by atoms with Crippen molar-refractivity contribution in [2.24, 2.45) is 0 Å². The lowest BCUT2D eigenvalue weighted by molar-refractivity contribution is 0.194. The van der Waals surface area contributed by atoms with Crippen molar-refractivity contribution in [2.75, 3.05) is 7.05 Å². The van der Waals surface area contributed by atoms with Crippen molar-refractivity contribution in [3.05, 3.63) is 81.3 Å². The number of aromatic amines is 1. The number of carbonyl (C=O) groups excluding carboxylic acids is 1. The molecular weight excluding hydrogens is 390 g/mol. The Morgan fingerprint density at radius 3 is 2.31 bits per heavy atom. The van der Waals surface area contributed by atoms with E-state index in [-0.39, 0.29) is 17.3 Å². The standard InChI is InChI=1S/C20H17F4N3O2/c1-10(14-9-25-19(28)13-7-18(24)17(23)6-12(13)14)27(2)20(29)26-8-11-3-4-15(21)16(22)5-11/h3-7,9-10H,8H2,1-2H3,(H,25,28)(H,26,29). The van der Waals surface area contributed by atoms with Crippen LogP contribution >= 0.6 is 0 Å². The van der Waals surface area contributed by atoms with Crippen molar-refractivity contribution < 1.29 is 22.4 Å². The van der Waals surface area contributed by atoms with Crippen molar-refractivity contribution in [3.63, 3.8) is 0 Å². The van der Waals surface area contributed by atoms with Gasteiger partial charge in [-0.15, -0.1) is 0 Å². The van der Waals surface area contributed by atoms with Gasteiger partial charge in [0.05, 0.1) is 11.4 Å². The molecule has 0 aliphatic carbocycles. The molecule has 0 spiro atoms. The molecule has 29 heavy (non-hydrogen) atoms. The van der Waals surface area contributed by atoms with Gasteiger partial charge in [0.2, 0.25) is 0 Å². The third kappa shape index (κ3) is 4.08. The average Bonchev–Trinajstić information content (AvgIpc) is 2.69. The van der Waals surface area contributed by atoms with Gasteiger partial charge in [0.1, 0.15) is 0 Å². The van der Waals surface area contributed by atoms with E-state index in [0.717, 1.165) is 24.3 Å². The lowest BCUT2D eigenvalue weighted by Crippen LogP contribution is -2.38. The van der Waals surface area contributed by atoms with Crippen LogP contribution in [0.3, 0.4) is 0 Å². The van der Waals surface area contributed by atoms with E-state index in [0.29, 0.717) is 11.1 Å². The summed E-state index contributed by atoms with van der Waals surface area (Å²) in [6, 6.07) is 3.85. The summed E-state index contributed by atoms with van der Waals surface area (Å²) >= 11 is 0. The quantitative estimate of drug-likeness (QED) is 0.643. The molecule has 3 aromatic rings. The second kappa shape index (κ2) is 7.94. The molecule has 0 aliphatic heterocycles. The molecule has 2 N–H and O–H groups in total. The van der Waals surface area contributed by atoms with Crippen LogP contribution in [0.4, 0.5) is 22.4 Å². The zero-order chi connectivity index (χ0) is 21.3. The second-order valence-electron chi connectivity index (χ2n) is 6.58. The summed E-state index contributed by atoms with van der Waals surface area (Å²) in [6.45, 7) is 1.60. The first-order valence-corrected chi connectivity index (χ1v) is 8.64. The predicted octanol–water partition coefficient (Wildman–Crippen LogP) is 3.99. The zero-order valence-electron chi connectivity index (χ0n) is 15.5. The number of hydrogen-bond acceptors (Lipinski definition) is 2. The molecule has 0 bridgehead atoms. The third-order valence-corrected chi connectivity index (χ3v) is 4.75. The number of hydrogen-bond donors (Lipinski definition) is 2. The van der Waals surface area contributed by atoms with Gasteiger partial charge in [-0.1, -0.05) is 6.07 Å². The molecule has 3 rings (SSSR count). The molecule has 2 aromatic carbocycles. The minimum atomic E-state index is -1.15. The SMILES string of the molecule is CC(c1c[nH]c(=O)c2cc(F)c(F)cc12)N(C)C(=O)NCc1ccc(F)c(F)c1. The molecule has 2 amide bonds. The first-order chi connectivity index (χ1) is 13.7. The average molecular weight is 407 g/mol. The van der Waals surface area contributed by atoms with Crippen LogP contribution in [0.2, 0.25) is 0 Å². The number of halogens is 4. The number of nitrogens with one attached hydrogen (secondary N) is 2. The Bertz CT molecular complexity index is 1150. The van der Waals surface area contributed by atoms with E-state index in [4.69, 9.17) is 0 Å². The Morgan fingerprint density at radius 2 is 1.66 bits per heavy atom. The van der Waals surface area contributed by atoms with Gasteiger partial charge >= 0.3 is 6.03 Å². The Hall–Kier alpha value is -3.36. The van der Waals surface area contributed by atoms with Crippen LogP contribution in [0.15, 0.2) is 41.3 Å². The summed E-state index contributed by atoms with van der Waals surface area (Å²) in [5, 5.41) is 2.71. The minimum Gasteiger partial charge on any atom is -0.334 e. The number of urea groups is 1. The van der Waals surface area contributed by atoms with Crippen molar-refractivity contribution in [1.29, 1.82) is 0 Å². The monoisotopic (exact) mass is 407 g/mol. The van der Waals surface area contributed by atoms with E-state index >= 15 is 0 Å². The normalized spacial score (nSPS) is 12.1. The molecule has 0 saturated carbocycles. The number of H-pyrrole nitrogens is 1. The first-order valence-electron chi connectivity index (χ1n) is 8.64. The first kappa shape index (κ1) is 20.4. The van der Waals surface area contributed by atoms with E-state index in [2.05, 4.69) is 10.3 Å². The molecule has 0 aliphatic rings. The number of carbonyl (C=O) groups is 1. The summed E-state index contributed by atoms with van der Waals surface area (Å²) in [7, 11) is 1.47. The van der Waals surface area contributed by atoms with Gasteiger partial charge in [-0.2, -0.15) is 0 Å². The molecule has 152 valence electrons. The number of benzene rings is 2. The van der Waals surface area contributed by atoms with E-state index in [1.54, 1.807) is 6.92 Å². The van der Waals surface area contributed by atoms with Crippen molar-refractivity contribution in [1.82, 2.24) is 15.2 Å². The Balaban J connectivity index is 1.82. The van der Waals surface area contributed by atoms with Crippen LogP contribution in [-0.4, -0.2) is 23.0 Å². The zero-order valence-corrected chi connectivity index (χ0v) is 15.5. The maximum Gasteiger partial charge on any atom is 0.317 e. The molecule has 9 heteroatoms. The largest absolute Gasteiger partial charge is 0.334 e. The van der Waals surface area contributed by atoms with Crippen molar-refractivity contribution >= 4 is 16.8 Å². The minimum absolute atomic E-state index is 0.0381. The highest BCUT2D eigenvalue weighted by Gasteiger charge is 2.21. The number of pyridine rings is 1. The number of rotatable bonds is 4. The van der Waals surface area contributed by atoms with Crippen LogP contribution in [0.1, 0.15) is 24.1 Å². The van der Waals surface area contributed by atoms with Gasteiger partial charge in [0.25, 0.3) is 5.56 Å². The van der Waals surface area contributed by atoms with Gasteiger partial charge < -0.3 is 15.2 Å². The van der Waals surface area contributed by atoms with E-state index in [1.807, 2.05) is 0 Å². The highest BCUT2D eigenvalue weighted by atomic mass is 19.2. The van der Waals surface area contributed by atoms with E-state index in [1.165, 1.54) is 24.2 Å². The van der Waals surface area contributed by atoms with Crippen LogP contribution in [0, 0.1) is 23.3 Å². The van der Waals surface area contributed by atoms with Gasteiger partial charge in [0.15, 0.2) is 23.3 Å². The lowest BCUT2D eigenvalue weighted by Gasteiger charge is -2.26. The summed E-state index contributed by atoms with van der Waals surface area (Å²) in [5.74, 6) is -4.26. The Labute approximate surface area is 163 Å².